The van der Waals surface area contributed by atoms with Crippen LogP contribution in [0.15, 0.2) is 0 Å². The van der Waals surface area contributed by atoms with Gasteiger partial charge in [-0.25, -0.2) is 0 Å². The maximum absolute atomic E-state index is 11.9. The minimum atomic E-state index is -1.35. The average molecular weight is 293 g/mol. The lowest BCUT2D eigenvalue weighted by Crippen LogP contribution is -2.47. The summed E-state index contributed by atoms with van der Waals surface area (Å²) in [6, 6.07) is 0. The third-order valence-corrected chi connectivity index (χ3v) is 4.01. The van der Waals surface area contributed by atoms with Crippen LogP contribution in [0.25, 0.3) is 0 Å². The molecule has 1 spiro atoms. The number of nitrogens with one attached hydrogen (secondary N) is 1. The van der Waals surface area contributed by atoms with Gasteiger partial charge in [-0.05, 0) is 32.6 Å². The molecule has 2 rings (SSSR count). The summed E-state index contributed by atoms with van der Waals surface area (Å²) in [6.45, 7) is 2.75. The van der Waals surface area contributed by atoms with Gasteiger partial charge in [-0.1, -0.05) is 0 Å². The minimum absolute atomic E-state index is 0. The number of rotatable bonds is 3. The van der Waals surface area contributed by atoms with Crippen molar-refractivity contribution in [3.05, 3.63) is 0 Å². The van der Waals surface area contributed by atoms with Crippen molar-refractivity contribution in [2.75, 3.05) is 13.2 Å². The molecule has 6 nitrogen and oxygen atoms in total. The Kier molecular flexibility index (Phi) is 4.81. The van der Waals surface area contributed by atoms with Crippen molar-refractivity contribution in [2.45, 2.75) is 43.7 Å². The second kappa shape index (κ2) is 5.64. The van der Waals surface area contributed by atoms with Crippen LogP contribution in [0.2, 0.25) is 0 Å². The number of hydrogen-bond acceptors (Lipinski definition) is 4. The monoisotopic (exact) mass is 292 g/mol. The molecule has 0 aromatic rings. The number of ether oxygens (including phenoxy) is 1. The van der Waals surface area contributed by atoms with Crippen molar-refractivity contribution in [1.82, 2.24) is 5.32 Å². The van der Waals surface area contributed by atoms with E-state index in [4.69, 9.17) is 15.6 Å². The van der Waals surface area contributed by atoms with Crippen molar-refractivity contribution in [3.8, 4) is 0 Å². The van der Waals surface area contributed by atoms with E-state index in [-0.39, 0.29) is 36.2 Å². The van der Waals surface area contributed by atoms with E-state index < -0.39 is 11.5 Å². The highest BCUT2D eigenvalue weighted by molar-refractivity contribution is 5.85. The summed E-state index contributed by atoms with van der Waals surface area (Å²) in [5, 5.41) is 12.0. The van der Waals surface area contributed by atoms with Crippen LogP contribution in [0.3, 0.4) is 0 Å². The molecule has 2 unspecified atom stereocenters. The van der Waals surface area contributed by atoms with Gasteiger partial charge in [0.25, 0.3) is 0 Å². The molecule has 7 heteroatoms. The highest BCUT2D eigenvalue weighted by atomic mass is 35.5. The lowest BCUT2D eigenvalue weighted by Gasteiger charge is -2.33. The van der Waals surface area contributed by atoms with Crippen LogP contribution in [0, 0.1) is 5.92 Å². The summed E-state index contributed by atoms with van der Waals surface area (Å²) in [5.41, 5.74) is 4.17. The first-order valence-corrected chi connectivity index (χ1v) is 6.27. The molecule has 2 fully saturated rings. The molecule has 0 aromatic carbocycles. The fourth-order valence-electron chi connectivity index (χ4n) is 2.83. The van der Waals surface area contributed by atoms with Crippen LogP contribution in [-0.4, -0.2) is 41.3 Å². The molecular formula is C12H21ClN2O4. The van der Waals surface area contributed by atoms with E-state index in [2.05, 4.69) is 5.32 Å². The Bertz CT molecular complexity index is 367. The van der Waals surface area contributed by atoms with Gasteiger partial charge in [0, 0.05) is 24.7 Å². The number of carboxylic acid groups (broad SMARTS) is 1. The van der Waals surface area contributed by atoms with Gasteiger partial charge in [0.2, 0.25) is 5.91 Å². The second-order valence-electron chi connectivity index (χ2n) is 5.71. The molecular weight excluding hydrogens is 272 g/mol. The normalized spacial score (nSPS) is 28.3. The molecule has 2 aliphatic heterocycles. The zero-order valence-electron chi connectivity index (χ0n) is 11.0. The quantitative estimate of drug-likeness (QED) is 0.694. The van der Waals surface area contributed by atoms with Crippen LogP contribution in [0.5, 0.6) is 0 Å². The molecule has 0 aromatic heterocycles. The Balaban J connectivity index is 0.00000180. The Labute approximate surface area is 118 Å². The van der Waals surface area contributed by atoms with Crippen LogP contribution < -0.4 is 11.1 Å². The zero-order chi connectivity index (χ0) is 13.4. The number of amides is 1. The van der Waals surface area contributed by atoms with Gasteiger partial charge >= 0.3 is 5.97 Å². The number of carboxylic acids is 1. The third kappa shape index (κ3) is 3.38. The van der Waals surface area contributed by atoms with Crippen molar-refractivity contribution in [3.63, 3.8) is 0 Å². The van der Waals surface area contributed by atoms with E-state index in [0.717, 1.165) is 12.8 Å². The summed E-state index contributed by atoms with van der Waals surface area (Å²) in [6.07, 6.45) is 2.43. The lowest BCUT2D eigenvalue weighted by atomic mass is 9.81. The fourth-order valence-corrected chi connectivity index (χ4v) is 2.83. The van der Waals surface area contributed by atoms with Crippen molar-refractivity contribution >= 4 is 24.3 Å². The lowest BCUT2D eigenvalue weighted by molar-refractivity contribution is -0.143. The Morgan fingerprint density at radius 3 is 2.68 bits per heavy atom. The third-order valence-electron chi connectivity index (χ3n) is 4.01. The molecule has 0 saturated carbocycles. The Morgan fingerprint density at radius 1 is 1.58 bits per heavy atom. The fraction of sp³-hybridized carbons (Fsp3) is 0.833. The molecule has 0 bridgehead atoms. The van der Waals surface area contributed by atoms with Gasteiger partial charge in [0.1, 0.15) is 5.54 Å². The van der Waals surface area contributed by atoms with Gasteiger partial charge in [-0.15, -0.1) is 12.4 Å². The molecule has 1 amide bonds. The Morgan fingerprint density at radius 2 is 2.16 bits per heavy atom. The summed E-state index contributed by atoms with van der Waals surface area (Å²) < 4.78 is 5.30. The van der Waals surface area contributed by atoms with E-state index in [9.17, 15) is 9.59 Å². The highest BCUT2D eigenvalue weighted by Crippen LogP contribution is 2.36. The molecule has 2 aliphatic rings. The molecule has 0 radical (unpaired) electrons. The highest BCUT2D eigenvalue weighted by Gasteiger charge is 2.47. The predicted molar refractivity (Wildman–Crippen MR) is 71.1 cm³/mol. The summed E-state index contributed by atoms with van der Waals surface area (Å²) in [7, 11) is 0. The van der Waals surface area contributed by atoms with Crippen molar-refractivity contribution < 1.29 is 19.4 Å². The first-order valence-electron chi connectivity index (χ1n) is 6.27. The number of carbonyl (C=O) groups excluding carboxylic acids is 1. The first kappa shape index (κ1) is 16.2. The SMILES string of the molecule is CC(N)(CC1CC2(CCOCC2)NC1=O)C(=O)O.Cl. The molecule has 2 atom stereocenters. The van der Waals surface area contributed by atoms with Gasteiger partial charge in [-0.2, -0.15) is 0 Å². The smallest absolute Gasteiger partial charge is 0.323 e. The summed E-state index contributed by atoms with van der Waals surface area (Å²) in [5.74, 6) is -1.45. The van der Waals surface area contributed by atoms with Gasteiger partial charge in [0.05, 0.1) is 0 Å². The topological polar surface area (TPSA) is 102 Å². The summed E-state index contributed by atoms with van der Waals surface area (Å²) >= 11 is 0. The van der Waals surface area contributed by atoms with Gasteiger partial charge in [0.15, 0.2) is 0 Å². The number of aliphatic carboxylic acids is 1. The van der Waals surface area contributed by atoms with Crippen LogP contribution >= 0.6 is 12.4 Å². The zero-order valence-corrected chi connectivity index (χ0v) is 11.8. The van der Waals surface area contributed by atoms with E-state index in [1.54, 1.807) is 0 Å². The number of halogens is 1. The standard InChI is InChI=1S/C12H20N2O4.ClH/c1-11(13,10(16)17)6-8-7-12(14-9(8)15)2-4-18-5-3-12;/h8H,2-7,13H2,1H3,(H,14,15)(H,16,17);1H. The molecule has 2 heterocycles. The largest absolute Gasteiger partial charge is 0.480 e. The van der Waals surface area contributed by atoms with Crippen LogP contribution in [0.1, 0.15) is 32.6 Å². The van der Waals surface area contributed by atoms with Gasteiger partial charge in [-0.3, -0.25) is 9.59 Å². The molecule has 19 heavy (non-hydrogen) atoms. The molecule has 110 valence electrons. The Hall–Kier alpha value is -0.850. The molecule has 2 saturated heterocycles. The van der Waals surface area contributed by atoms with E-state index in [0.29, 0.717) is 19.6 Å². The van der Waals surface area contributed by atoms with E-state index >= 15 is 0 Å². The summed E-state index contributed by atoms with van der Waals surface area (Å²) in [4.78, 5) is 23.0. The van der Waals surface area contributed by atoms with E-state index in [1.807, 2.05) is 0 Å². The van der Waals surface area contributed by atoms with Crippen LogP contribution in [-0.2, 0) is 14.3 Å². The maximum atomic E-state index is 11.9. The number of nitrogens with two attached hydrogens (primary N) is 1. The van der Waals surface area contributed by atoms with Crippen molar-refractivity contribution in [2.24, 2.45) is 11.7 Å². The molecule has 4 N–H and O–H groups in total. The first-order chi connectivity index (χ1) is 8.35. The molecule has 0 aliphatic carbocycles. The van der Waals surface area contributed by atoms with Gasteiger partial charge < -0.3 is 20.9 Å². The van der Waals surface area contributed by atoms with Crippen molar-refractivity contribution in [1.29, 1.82) is 0 Å². The second-order valence-corrected chi connectivity index (χ2v) is 5.71. The number of carbonyl (C=O) groups is 2. The van der Waals surface area contributed by atoms with E-state index in [1.165, 1.54) is 6.92 Å². The van der Waals surface area contributed by atoms with Crippen LogP contribution in [0.4, 0.5) is 0 Å². The maximum Gasteiger partial charge on any atom is 0.323 e. The average Bonchev–Trinajstić information content (AvgIpc) is 2.55. The minimum Gasteiger partial charge on any atom is -0.480 e. The predicted octanol–water partition coefficient (Wildman–Crippen LogP) is 0.286. The number of hydrogen-bond donors (Lipinski definition) is 3.